The van der Waals surface area contributed by atoms with E-state index in [1.807, 2.05) is 18.2 Å². The molecule has 2 N–H and O–H groups in total. The summed E-state index contributed by atoms with van der Waals surface area (Å²) in [6.07, 6.45) is 0. The number of hydrogen-bond donors (Lipinski definition) is 2. The van der Waals surface area contributed by atoms with Crippen LogP contribution >= 0.6 is 0 Å². The van der Waals surface area contributed by atoms with E-state index in [1.54, 1.807) is 14.0 Å². The lowest BCUT2D eigenvalue weighted by atomic mass is 9.86. The van der Waals surface area contributed by atoms with Crippen molar-refractivity contribution in [1.82, 2.24) is 0 Å². The van der Waals surface area contributed by atoms with Gasteiger partial charge in [0, 0.05) is 11.8 Å². The summed E-state index contributed by atoms with van der Waals surface area (Å²) >= 11 is 0. The Kier molecular flexibility index (Phi) is 6.23. The minimum Gasteiger partial charge on any atom is -0.495 e. The number of rotatable bonds is 6. The Hall–Kier alpha value is -3.16. The van der Waals surface area contributed by atoms with Gasteiger partial charge in [0.25, 0.3) is 0 Å². The van der Waals surface area contributed by atoms with Crippen LogP contribution in [-0.2, 0) is 10.2 Å². The number of nitrogens with one attached hydrogen (secondary N) is 2. The molecule has 0 heterocycles. The molecule has 0 aliphatic rings. The molecule has 0 radical (unpaired) electrons. The summed E-state index contributed by atoms with van der Waals surface area (Å²) in [5.41, 5.74) is 1.08. The zero-order chi connectivity index (χ0) is 21.1. The van der Waals surface area contributed by atoms with E-state index in [2.05, 4.69) is 31.4 Å². The quantitative estimate of drug-likeness (QED) is 0.561. The van der Waals surface area contributed by atoms with Crippen LogP contribution in [0.3, 0.4) is 0 Å². The molecular formula is C20H24FN3O4. The van der Waals surface area contributed by atoms with Crippen LogP contribution in [0.5, 0.6) is 5.75 Å². The SMILES string of the molecule is COc1ccc(C(C)(C)C)cc1N[C@@H](C)C(=O)Nc1ccc(F)c([N+](=O)[O-])c1. The maximum Gasteiger partial charge on any atom is 0.306 e. The van der Waals surface area contributed by atoms with Gasteiger partial charge in [0.05, 0.1) is 17.7 Å². The van der Waals surface area contributed by atoms with E-state index in [-0.39, 0.29) is 11.1 Å². The zero-order valence-corrected chi connectivity index (χ0v) is 16.5. The summed E-state index contributed by atoms with van der Waals surface area (Å²) in [5, 5.41) is 16.5. The van der Waals surface area contributed by atoms with Crippen LogP contribution in [0, 0.1) is 15.9 Å². The first kappa shape index (κ1) is 21.1. The average Bonchev–Trinajstić information content (AvgIpc) is 2.62. The number of carbonyl (C=O) groups excluding carboxylic acids is 1. The van der Waals surface area contributed by atoms with E-state index in [1.165, 1.54) is 6.07 Å². The van der Waals surface area contributed by atoms with E-state index >= 15 is 0 Å². The first-order chi connectivity index (χ1) is 13.0. The summed E-state index contributed by atoms with van der Waals surface area (Å²) in [7, 11) is 1.54. The zero-order valence-electron chi connectivity index (χ0n) is 16.5. The molecule has 1 amide bonds. The Labute approximate surface area is 163 Å². The highest BCUT2D eigenvalue weighted by Crippen LogP contribution is 2.32. The Balaban J connectivity index is 2.19. The second kappa shape index (κ2) is 8.24. The molecule has 8 heteroatoms. The topological polar surface area (TPSA) is 93.5 Å². The number of hydrogen-bond acceptors (Lipinski definition) is 5. The molecule has 0 aliphatic carbocycles. The molecule has 0 saturated carbocycles. The number of carbonyl (C=O) groups is 1. The van der Waals surface area contributed by atoms with Crippen molar-refractivity contribution >= 4 is 23.0 Å². The first-order valence-electron chi connectivity index (χ1n) is 8.73. The number of benzene rings is 2. The summed E-state index contributed by atoms with van der Waals surface area (Å²) in [6, 6.07) is 8.25. The third-order valence-corrected chi connectivity index (χ3v) is 4.24. The molecule has 0 bridgehead atoms. The molecule has 2 aromatic rings. The maximum absolute atomic E-state index is 13.4. The van der Waals surface area contributed by atoms with E-state index in [9.17, 15) is 19.3 Å². The monoisotopic (exact) mass is 389 g/mol. The number of halogens is 1. The molecule has 0 aliphatic heterocycles. The third-order valence-electron chi connectivity index (χ3n) is 4.24. The summed E-state index contributed by atoms with van der Waals surface area (Å²) in [4.78, 5) is 22.5. The fraction of sp³-hybridized carbons (Fsp3) is 0.350. The van der Waals surface area contributed by atoms with Crippen molar-refractivity contribution in [3.63, 3.8) is 0 Å². The summed E-state index contributed by atoms with van der Waals surface area (Å²) < 4.78 is 18.8. The molecule has 7 nitrogen and oxygen atoms in total. The first-order valence-corrected chi connectivity index (χ1v) is 8.73. The standard InChI is InChI=1S/C20H24FN3O4/c1-12(19(25)23-14-7-8-15(21)17(11-14)24(26)27)22-16-10-13(20(2,3)4)6-9-18(16)28-5/h6-12,22H,1-5H3,(H,23,25)/t12-/m0/s1. The van der Waals surface area contributed by atoms with Crippen molar-refractivity contribution < 1.29 is 18.8 Å². The number of nitro benzene ring substituents is 1. The minimum absolute atomic E-state index is 0.0821. The predicted molar refractivity (Wildman–Crippen MR) is 106 cm³/mol. The highest BCUT2D eigenvalue weighted by molar-refractivity contribution is 5.96. The van der Waals surface area contributed by atoms with Gasteiger partial charge in [0.2, 0.25) is 11.7 Å². The molecule has 0 unspecified atom stereocenters. The van der Waals surface area contributed by atoms with Crippen molar-refractivity contribution in [3.05, 3.63) is 57.9 Å². The Bertz CT molecular complexity index is 894. The largest absolute Gasteiger partial charge is 0.495 e. The van der Waals surface area contributed by atoms with Crippen LogP contribution in [0.15, 0.2) is 36.4 Å². The van der Waals surface area contributed by atoms with Crippen LogP contribution in [0.25, 0.3) is 0 Å². The van der Waals surface area contributed by atoms with Gasteiger partial charge in [0.15, 0.2) is 0 Å². The molecule has 150 valence electrons. The van der Waals surface area contributed by atoms with Crippen molar-refractivity contribution in [2.45, 2.75) is 39.2 Å². The number of nitrogens with zero attached hydrogens (tertiary/aromatic N) is 1. The molecule has 28 heavy (non-hydrogen) atoms. The molecule has 2 rings (SSSR count). The highest BCUT2D eigenvalue weighted by atomic mass is 19.1. The van der Waals surface area contributed by atoms with Crippen molar-refractivity contribution in [3.8, 4) is 5.75 Å². The van der Waals surface area contributed by atoms with Gasteiger partial charge in [0.1, 0.15) is 11.8 Å². The number of nitro groups is 1. The van der Waals surface area contributed by atoms with Crippen LogP contribution in [-0.4, -0.2) is 24.0 Å². The van der Waals surface area contributed by atoms with Crippen LogP contribution in [0.1, 0.15) is 33.3 Å². The number of amides is 1. The third kappa shape index (κ3) is 4.97. The smallest absolute Gasteiger partial charge is 0.306 e. The lowest BCUT2D eigenvalue weighted by Gasteiger charge is -2.23. The van der Waals surface area contributed by atoms with Crippen molar-refractivity contribution in [2.75, 3.05) is 17.7 Å². The van der Waals surface area contributed by atoms with E-state index in [4.69, 9.17) is 4.74 Å². The van der Waals surface area contributed by atoms with Gasteiger partial charge in [-0.15, -0.1) is 0 Å². The fourth-order valence-corrected chi connectivity index (χ4v) is 2.57. The molecule has 2 aromatic carbocycles. The number of anilines is 2. The van der Waals surface area contributed by atoms with E-state index in [0.29, 0.717) is 11.4 Å². The fourth-order valence-electron chi connectivity index (χ4n) is 2.57. The molecule has 0 spiro atoms. The highest BCUT2D eigenvalue weighted by Gasteiger charge is 2.20. The van der Waals surface area contributed by atoms with Gasteiger partial charge in [-0.2, -0.15) is 4.39 Å². The lowest BCUT2D eigenvalue weighted by molar-refractivity contribution is -0.387. The normalized spacial score (nSPS) is 12.2. The summed E-state index contributed by atoms with van der Waals surface area (Å²) in [6.45, 7) is 7.89. The van der Waals surface area contributed by atoms with Crippen LogP contribution in [0.2, 0.25) is 0 Å². The summed E-state index contributed by atoms with van der Waals surface area (Å²) in [5.74, 6) is -0.799. The molecule has 1 atom stereocenters. The van der Waals surface area contributed by atoms with Gasteiger partial charge in [-0.1, -0.05) is 26.8 Å². The molecular weight excluding hydrogens is 365 g/mol. The molecule has 0 saturated heterocycles. The number of ether oxygens (including phenoxy) is 1. The maximum atomic E-state index is 13.4. The van der Waals surface area contributed by atoms with E-state index < -0.39 is 28.4 Å². The van der Waals surface area contributed by atoms with Gasteiger partial charge in [-0.25, -0.2) is 0 Å². The van der Waals surface area contributed by atoms with Crippen molar-refractivity contribution in [2.24, 2.45) is 0 Å². The Morgan fingerprint density at radius 2 is 1.89 bits per heavy atom. The van der Waals surface area contributed by atoms with Gasteiger partial charge >= 0.3 is 5.69 Å². The second-order valence-corrected chi connectivity index (χ2v) is 7.44. The minimum atomic E-state index is -0.960. The van der Waals surface area contributed by atoms with Crippen LogP contribution < -0.4 is 15.4 Å². The second-order valence-electron chi connectivity index (χ2n) is 7.44. The Morgan fingerprint density at radius 1 is 1.21 bits per heavy atom. The van der Waals surface area contributed by atoms with Gasteiger partial charge in [-0.05, 0) is 42.2 Å². The number of methoxy groups -OCH3 is 1. The predicted octanol–water partition coefficient (Wildman–Crippen LogP) is 4.48. The molecule has 0 aromatic heterocycles. The van der Waals surface area contributed by atoms with Gasteiger partial charge < -0.3 is 15.4 Å². The lowest BCUT2D eigenvalue weighted by Crippen LogP contribution is -2.32. The molecule has 0 fully saturated rings. The average molecular weight is 389 g/mol. The van der Waals surface area contributed by atoms with Gasteiger partial charge in [-0.3, -0.25) is 14.9 Å². The van der Waals surface area contributed by atoms with Crippen molar-refractivity contribution in [1.29, 1.82) is 0 Å². The van der Waals surface area contributed by atoms with E-state index in [0.717, 1.165) is 17.7 Å². The van der Waals surface area contributed by atoms with Crippen LogP contribution in [0.4, 0.5) is 21.5 Å². The Morgan fingerprint density at radius 3 is 2.46 bits per heavy atom.